The number of ether oxygens (including phenoxy) is 10. The summed E-state index contributed by atoms with van der Waals surface area (Å²) in [6.07, 6.45) is 7.49. The van der Waals surface area contributed by atoms with Gasteiger partial charge in [-0.05, 0) is 171 Å². The second-order valence-electron chi connectivity index (χ2n) is 31.6. The molecule has 4 saturated heterocycles. The van der Waals surface area contributed by atoms with Gasteiger partial charge in [0.25, 0.3) is 0 Å². The van der Waals surface area contributed by atoms with Crippen molar-refractivity contribution in [3.05, 3.63) is 0 Å². The van der Waals surface area contributed by atoms with E-state index in [4.69, 9.17) is 47.4 Å². The van der Waals surface area contributed by atoms with E-state index in [2.05, 4.69) is 6.92 Å². The van der Waals surface area contributed by atoms with Gasteiger partial charge in [-0.15, -0.1) is 0 Å². The average Bonchev–Trinajstić information content (AvgIpc) is 1.80. The number of rotatable bonds is 17. The second kappa shape index (κ2) is 24.4. The van der Waals surface area contributed by atoms with Crippen LogP contribution in [0, 0.1) is 110 Å². The first kappa shape index (κ1) is 67.1. The van der Waals surface area contributed by atoms with Crippen LogP contribution in [-0.2, 0) is 95.3 Å². The Hall–Kier alpha value is -5.30. The van der Waals surface area contributed by atoms with Crippen LogP contribution < -0.4 is 0 Å². The van der Waals surface area contributed by atoms with E-state index < -0.39 is 56.9 Å². The maximum Gasteiger partial charge on any atom is 0.350 e. The van der Waals surface area contributed by atoms with E-state index in [9.17, 15) is 47.9 Å². The van der Waals surface area contributed by atoms with Gasteiger partial charge in [0.15, 0.2) is 0 Å². The molecular formula is C68H100O20. The molecule has 0 aromatic heterocycles. The van der Waals surface area contributed by atoms with Crippen molar-refractivity contribution < 1.29 is 95.3 Å². The van der Waals surface area contributed by atoms with Crippen LogP contribution in [-0.4, -0.2) is 121 Å². The molecule has 0 aromatic carbocycles. The molecule has 20 nitrogen and oxygen atoms in total. The maximum atomic E-state index is 12.6. The summed E-state index contributed by atoms with van der Waals surface area (Å²) in [5, 5.41) is 0. The van der Waals surface area contributed by atoms with Crippen molar-refractivity contribution in [2.75, 3.05) is 13.2 Å². The predicted molar refractivity (Wildman–Crippen MR) is 313 cm³/mol. The van der Waals surface area contributed by atoms with Crippen molar-refractivity contribution in [1.82, 2.24) is 0 Å². The van der Waals surface area contributed by atoms with E-state index in [0.717, 1.165) is 57.8 Å². The van der Waals surface area contributed by atoms with Crippen LogP contribution in [0.1, 0.15) is 195 Å². The van der Waals surface area contributed by atoms with E-state index in [0.29, 0.717) is 49.7 Å². The van der Waals surface area contributed by atoms with Crippen molar-refractivity contribution in [3.63, 3.8) is 0 Å². The van der Waals surface area contributed by atoms with E-state index in [1.54, 1.807) is 27.7 Å². The highest BCUT2D eigenvalue weighted by Crippen LogP contribution is 2.60. The normalized spacial score (nSPS) is 37.1. The summed E-state index contributed by atoms with van der Waals surface area (Å²) in [6, 6.07) is 0. The van der Waals surface area contributed by atoms with Gasteiger partial charge < -0.3 is 47.4 Å². The predicted octanol–water partition coefficient (Wildman–Crippen LogP) is 9.44. The number of carbonyl (C=O) groups is 10. The van der Waals surface area contributed by atoms with Crippen molar-refractivity contribution in [2.45, 2.75) is 243 Å². The Morgan fingerprint density at radius 2 is 0.852 bits per heavy atom. The lowest BCUT2D eigenvalue weighted by Gasteiger charge is -2.35. The molecule has 21 unspecified atom stereocenters. The lowest BCUT2D eigenvalue weighted by molar-refractivity contribution is -0.192. The number of cyclic esters (lactones) is 2. The molecule has 12 fully saturated rings. The van der Waals surface area contributed by atoms with E-state index >= 15 is 0 Å². The maximum absolute atomic E-state index is 12.6. The first-order valence-corrected chi connectivity index (χ1v) is 32.9. The highest BCUT2D eigenvalue weighted by Gasteiger charge is 2.67. The molecule has 12 aliphatic rings. The molecule has 0 N–H and O–H groups in total. The number of hydrogen-bond donors (Lipinski definition) is 0. The third kappa shape index (κ3) is 12.6. The fourth-order valence-corrected chi connectivity index (χ4v) is 16.2. The molecule has 0 amide bonds. The summed E-state index contributed by atoms with van der Waals surface area (Å²) in [7, 11) is 0. The molecule has 0 aromatic rings. The van der Waals surface area contributed by atoms with Gasteiger partial charge in [0.05, 0.1) is 65.0 Å². The smallest absolute Gasteiger partial charge is 0.350 e. The lowest BCUT2D eigenvalue weighted by atomic mass is 9.74. The zero-order valence-corrected chi connectivity index (χ0v) is 55.2. The number of esters is 10. The largest absolute Gasteiger partial charge is 0.465 e. The minimum Gasteiger partial charge on any atom is -0.465 e. The van der Waals surface area contributed by atoms with Crippen LogP contribution in [0.15, 0.2) is 0 Å². The van der Waals surface area contributed by atoms with E-state index in [-0.39, 0.29) is 144 Å². The van der Waals surface area contributed by atoms with Crippen LogP contribution in [0.3, 0.4) is 0 Å². The molecule has 21 atom stereocenters. The molecule has 0 spiro atoms. The Morgan fingerprint density at radius 3 is 1.36 bits per heavy atom. The fraction of sp³-hybridized carbons (Fsp3) is 0.853. The molecule has 8 aliphatic carbocycles. The van der Waals surface area contributed by atoms with E-state index in [1.165, 1.54) is 13.8 Å². The van der Waals surface area contributed by atoms with Crippen LogP contribution in [0.25, 0.3) is 0 Å². The second-order valence-corrected chi connectivity index (χ2v) is 31.6. The summed E-state index contributed by atoms with van der Waals surface area (Å²) in [5.74, 6) is 0.707. The molecule has 12 rings (SSSR count). The van der Waals surface area contributed by atoms with Gasteiger partial charge in [-0.25, -0.2) is 4.79 Å². The number of hydrogen-bond acceptors (Lipinski definition) is 20. The highest BCUT2D eigenvalue weighted by atomic mass is 16.6. The van der Waals surface area contributed by atoms with Gasteiger partial charge in [0, 0.05) is 47.3 Å². The zero-order valence-electron chi connectivity index (χ0n) is 55.2. The Balaban J connectivity index is 0.000000140. The third-order valence-corrected chi connectivity index (χ3v) is 23.5. The first-order valence-electron chi connectivity index (χ1n) is 32.9. The SMILES string of the molecule is CCC(C)(C)C(=O)OC(C)(C)C(=O)OC1C2CC3C(=O)OC1C3C2.CCC(C)(C)C(=O)OC(C)(C)CC(=O)OC1C2CC3C(=O)OC1C3C2.CCC(C)(C)C(=O)OC1C(C)C2CC1C1COC(=O)C21.CCC(C)(C)C(=O)OC1CC2CC1C1COC(=O)C21. The average molecular weight is 1240 g/mol. The Bertz CT molecular complexity index is 2750. The van der Waals surface area contributed by atoms with Crippen molar-refractivity contribution in [3.8, 4) is 0 Å². The summed E-state index contributed by atoms with van der Waals surface area (Å²) in [6.45, 7) is 32.4. The van der Waals surface area contributed by atoms with Crippen LogP contribution in [0.5, 0.6) is 0 Å². The molecule has 492 valence electrons. The molecular weight excluding hydrogens is 1140 g/mol. The van der Waals surface area contributed by atoms with E-state index in [1.807, 2.05) is 69.2 Å². The van der Waals surface area contributed by atoms with Crippen LogP contribution in [0.4, 0.5) is 0 Å². The fourth-order valence-electron chi connectivity index (χ4n) is 16.2. The van der Waals surface area contributed by atoms with Crippen molar-refractivity contribution >= 4 is 59.7 Å². The van der Waals surface area contributed by atoms with Crippen molar-refractivity contribution in [1.29, 1.82) is 0 Å². The Morgan fingerprint density at radius 1 is 0.420 bits per heavy atom. The quantitative estimate of drug-likeness (QED) is 0.0969. The Kier molecular flexibility index (Phi) is 18.6. The molecule has 8 bridgehead atoms. The molecule has 8 saturated carbocycles. The molecule has 20 heteroatoms. The van der Waals surface area contributed by atoms with Gasteiger partial charge in [-0.1, -0.05) is 34.6 Å². The third-order valence-electron chi connectivity index (χ3n) is 23.5. The lowest BCUT2D eigenvalue weighted by Crippen LogP contribution is -2.46. The van der Waals surface area contributed by atoms with Gasteiger partial charge in [0.2, 0.25) is 5.60 Å². The minimum absolute atomic E-state index is 0.000856. The highest BCUT2D eigenvalue weighted by molar-refractivity contribution is 5.85. The monoisotopic (exact) mass is 1240 g/mol. The van der Waals surface area contributed by atoms with Crippen molar-refractivity contribution in [2.24, 2.45) is 110 Å². The first-order chi connectivity index (χ1) is 40.9. The number of fused-ring (bicyclic) bond motifs is 12. The molecule has 0 radical (unpaired) electrons. The zero-order chi connectivity index (χ0) is 64.9. The van der Waals surface area contributed by atoms with Crippen LogP contribution >= 0.6 is 0 Å². The summed E-state index contributed by atoms with van der Waals surface area (Å²) >= 11 is 0. The standard InChI is InChI=1S/C19H28O6.C18H26O6.C16H24O4.C15H22O4/c1-6-18(2,3)17(22)25-19(4,5)9-13(20)23-14-10-7-11-12(8-10)16(21)24-15(11)14;1-6-17(2,3)15(20)24-18(4,5)16(21)23-12-9-7-10-11(8-9)14(19)22-13(10)12;1-5-16(3,4)15(18)20-13-8(2)9-6-10(13)11-7-19-14(17)12(9)11;1-4-15(2,3)14(17)19-11-6-8-5-9(11)10-7-18-13(16)12(8)10/h10-12,14-15H,6-9H2,1-5H3;9-13H,6-8H2,1-5H3;8-13H,5-7H2,1-4H3;8-12H,4-7H2,1-3H3. The molecule has 88 heavy (non-hydrogen) atoms. The molecule has 4 aliphatic heterocycles. The Labute approximate surface area is 519 Å². The molecule has 4 heterocycles. The summed E-state index contributed by atoms with van der Waals surface area (Å²) in [5.41, 5.74) is -4.39. The van der Waals surface area contributed by atoms with Gasteiger partial charge >= 0.3 is 59.7 Å². The van der Waals surface area contributed by atoms with Gasteiger partial charge in [-0.2, -0.15) is 0 Å². The van der Waals surface area contributed by atoms with Gasteiger partial charge in [-0.3, -0.25) is 43.2 Å². The minimum atomic E-state index is -1.37. The van der Waals surface area contributed by atoms with Crippen LogP contribution in [0.2, 0.25) is 0 Å². The summed E-state index contributed by atoms with van der Waals surface area (Å²) in [4.78, 5) is 121. The summed E-state index contributed by atoms with van der Waals surface area (Å²) < 4.78 is 55.0. The number of carbonyl (C=O) groups excluding carboxylic acids is 10. The topological polar surface area (TPSA) is 263 Å². The van der Waals surface area contributed by atoms with Gasteiger partial charge in [0.1, 0.15) is 42.2 Å².